The summed E-state index contributed by atoms with van der Waals surface area (Å²) in [6, 6.07) is 3.40. The van der Waals surface area contributed by atoms with Crippen LogP contribution in [0.15, 0.2) is 12.1 Å². The van der Waals surface area contributed by atoms with Gasteiger partial charge in [0.25, 0.3) is 0 Å². The molecule has 1 radical (unpaired) electrons. The Morgan fingerprint density at radius 3 is 2.38 bits per heavy atom. The second-order valence-electron chi connectivity index (χ2n) is 4.78. The van der Waals surface area contributed by atoms with Crippen molar-refractivity contribution in [1.29, 1.82) is 0 Å². The number of rotatable bonds is 5. The van der Waals surface area contributed by atoms with Crippen LogP contribution in [-0.2, 0) is 0 Å². The molecule has 111 valence electrons. The van der Waals surface area contributed by atoms with E-state index in [9.17, 15) is 4.79 Å². The normalized spacial score (nSPS) is 15.8. The van der Waals surface area contributed by atoms with Crippen molar-refractivity contribution in [3.63, 3.8) is 0 Å². The minimum absolute atomic E-state index is 0. The van der Waals surface area contributed by atoms with Crippen LogP contribution in [0, 0.1) is 5.66 Å². The molecule has 1 aromatic carbocycles. The molecule has 0 amide bonds. The fraction of sp³-hybridized carbons (Fsp3) is 0.467. The van der Waals surface area contributed by atoms with E-state index in [-0.39, 0.29) is 33.0 Å². The van der Waals surface area contributed by atoms with Gasteiger partial charge in [-0.3, -0.25) is 4.79 Å². The summed E-state index contributed by atoms with van der Waals surface area (Å²) in [7, 11) is 3.26. The molecule has 0 N–H and O–H groups in total. The van der Waals surface area contributed by atoms with Gasteiger partial charge >= 0.3 is 18.9 Å². The van der Waals surface area contributed by atoms with E-state index >= 15 is 0 Å². The van der Waals surface area contributed by atoms with E-state index in [4.69, 9.17) is 21.1 Å². The Hall–Kier alpha value is -0.193. The Kier molecular flexibility index (Phi) is 8.14. The van der Waals surface area contributed by atoms with E-state index in [0.29, 0.717) is 22.1 Å². The van der Waals surface area contributed by atoms with E-state index < -0.39 is 0 Å². The van der Waals surface area contributed by atoms with Gasteiger partial charge in [-0.05, 0) is 33.6 Å². The van der Waals surface area contributed by atoms with Crippen LogP contribution in [0.25, 0.3) is 0 Å². The number of ether oxygens (including phenoxy) is 2. The summed E-state index contributed by atoms with van der Waals surface area (Å²) in [6.45, 7) is 0. The van der Waals surface area contributed by atoms with Crippen LogP contribution in [0.3, 0.4) is 0 Å². The average molecular weight is 322 g/mol. The molecule has 21 heavy (non-hydrogen) atoms. The molecule has 1 aliphatic rings. The van der Waals surface area contributed by atoms with E-state index in [0.717, 1.165) is 12.8 Å². The minimum atomic E-state index is 0. The summed E-state index contributed by atoms with van der Waals surface area (Å²) in [5, 5.41) is 0.440. The van der Waals surface area contributed by atoms with Crippen molar-refractivity contribution >= 4 is 44.6 Å². The maximum absolute atomic E-state index is 12.6. The standard InChI is InChI=1S/C15H19ClO3P.Li.H/c1-18-12-9-8-11(16)14(19-2)13(12)15(17)20-10-6-4-3-5-7-10;;/h8-9,20H,3-7H2,1-2H3;;. The summed E-state index contributed by atoms with van der Waals surface area (Å²) in [5.74, 6) is 0.945. The van der Waals surface area contributed by atoms with Gasteiger partial charge < -0.3 is 9.47 Å². The molecule has 0 saturated heterocycles. The van der Waals surface area contributed by atoms with Crippen molar-refractivity contribution in [1.82, 2.24) is 0 Å². The van der Waals surface area contributed by atoms with Crippen molar-refractivity contribution < 1.29 is 14.3 Å². The molecule has 1 unspecified atom stereocenters. The summed E-state index contributed by atoms with van der Waals surface area (Å²) >= 11 is 6.11. The number of halogens is 1. The molecule has 1 aromatic rings. The van der Waals surface area contributed by atoms with Crippen molar-refractivity contribution in [2.75, 3.05) is 14.2 Å². The Morgan fingerprint density at radius 1 is 1.14 bits per heavy atom. The molecular weight excluding hydrogens is 302 g/mol. The predicted octanol–water partition coefficient (Wildman–Crippen LogP) is 4.02. The second kappa shape index (κ2) is 9.06. The third kappa shape index (κ3) is 4.64. The summed E-state index contributed by atoms with van der Waals surface area (Å²) in [4.78, 5) is 12.6. The van der Waals surface area contributed by atoms with Crippen LogP contribution in [0.5, 0.6) is 11.5 Å². The van der Waals surface area contributed by atoms with Crippen LogP contribution in [0.4, 0.5) is 0 Å². The zero-order valence-corrected chi connectivity index (χ0v) is 13.5. The third-order valence-corrected chi connectivity index (χ3v) is 5.10. The summed E-state index contributed by atoms with van der Waals surface area (Å²) in [6.07, 6.45) is 5.79. The zero-order valence-electron chi connectivity index (χ0n) is 11.8. The van der Waals surface area contributed by atoms with Crippen molar-refractivity contribution in [3.8, 4) is 11.5 Å². The quantitative estimate of drug-likeness (QED) is 0.607. The van der Waals surface area contributed by atoms with E-state index in [1.807, 2.05) is 0 Å². The van der Waals surface area contributed by atoms with Gasteiger partial charge in [0.2, 0.25) is 0 Å². The number of hydrogen-bond donors (Lipinski definition) is 0. The molecule has 3 nitrogen and oxygen atoms in total. The SMILES string of the molecule is COc1ccc(Cl)c(OC)c1C(=O)P[C]1CCCCC1.[LiH]. The van der Waals surface area contributed by atoms with Gasteiger partial charge in [0.05, 0.1) is 19.2 Å². The van der Waals surface area contributed by atoms with Crippen LogP contribution in [-0.4, -0.2) is 38.6 Å². The monoisotopic (exact) mass is 321 g/mol. The Labute approximate surface area is 145 Å². The van der Waals surface area contributed by atoms with Crippen molar-refractivity contribution in [2.45, 2.75) is 32.1 Å². The summed E-state index contributed by atoms with van der Waals surface area (Å²) in [5.41, 5.74) is 1.88. The first-order valence-corrected chi connectivity index (χ1v) is 8.11. The number of carbonyl (C=O) groups excluding carboxylic acids is 1. The zero-order chi connectivity index (χ0) is 14.5. The fourth-order valence-corrected chi connectivity index (χ4v) is 3.97. The molecule has 0 spiro atoms. The fourth-order valence-electron chi connectivity index (χ4n) is 2.45. The van der Waals surface area contributed by atoms with Gasteiger partial charge in [0.1, 0.15) is 11.3 Å². The maximum atomic E-state index is 12.6. The molecule has 2 rings (SSSR count). The second-order valence-corrected chi connectivity index (χ2v) is 6.59. The number of methoxy groups -OCH3 is 2. The first-order chi connectivity index (χ1) is 9.67. The topological polar surface area (TPSA) is 35.5 Å². The van der Waals surface area contributed by atoms with Crippen LogP contribution in [0.1, 0.15) is 42.5 Å². The van der Waals surface area contributed by atoms with Gasteiger partial charge in [-0.25, -0.2) is 0 Å². The first-order valence-electron chi connectivity index (χ1n) is 6.74. The Bertz CT molecular complexity index is 490. The van der Waals surface area contributed by atoms with Gasteiger partial charge in [-0.1, -0.05) is 30.9 Å². The number of carbonyl (C=O) groups is 1. The van der Waals surface area contributed by atoms with Gasteiger partial charge in [-0.15, -0.1) is 0 Å². The van der Waals surface area contributed by atoms with Gasteiger partial charge in [-0.2, -0.15) is 0 Å². The molecule has 6 heteroatoms. The third-order valence-electron chi connectivity index (χ3n) is 3.47. The first kappa shape index (κ1) is 18.9. The molecule has 0 heterocycles. The van der Waals surface area contributed by atoms with Crippen molar-refractivity contribution in [3.05, 3.63) is 28.4 Å². The molecular formula is C15H20ClLiO3P. The predicted molar refractivity (Wildman–Crippen MR) is 90.7 cm³/mol. The van der Waals surface area contributed by atoms with Gasteiger partial charge in [0, 0.05) is 5.66 Å². The Morgan fingerprint density at radius 2 is 1.81 bits per heavy atom. The molecule has 0 bridgehead atoms. The molecule has 0 aliphatic heterocycles. The molecule has 1 saturated carbocycles. The van der Waals surface area contributed by atoms with Gasteiger partial charge in [0.15, 0.2) is 11.3 Å². The van der Waals surface area contributed by atoms with E-state index in [1.54, 1.807) is 19.2 Å². The van der Waals surface area contributed by atoms with Crippen LogP contribution < -0.4 is 9.47 Å². The van der Waals surface area contributed by atoms with Crippen LogP contribution >= 0.6 is 20.2 Å². The molecule has 0 aromatic heterocycles. The number of hydrogen-bond acceptors (Lipinski definition) is 3. The summed E-state index contributed by atoms with van der Waals surface area (Å²) < 4.78 is 10.6. The molecule has 1 aliphatic carbocycles. The van der Waals surface area contributed by atoms with Crippen molar-refractivity contribution in [2.24, 2.45) is 0 Å². The molecule has 1 fully saturated rings. The molecule has 1 atom stereocenters. The average Bonchev–Trinajstić information content (AvgIpc) is 2.47. The number of benzene rings is 1. The van der Waals surface area contributed by atoms with E-state index in [1.165, 1.54) is 32.0 Å². The van der Waals surface area contributed by atoms with Crippen LogP contribution in [0.2, 0.25) is 5.02 Å². The van der Waals surface area contributed by atoms with E-state index in [2.05, 4.69) is 0 Å². The Balaban J connectivity index is 0.00000220.